The van der Waals surface area contributed by atoms with Gasteiger partial charge in [-0.25, -0.2) is 0 Å². The number of halogens is 1. The maximum Gasteiger partial charge on any atom is 0.0513 e. The van der Waals surface area contributed by atoms with Crippen molar-refractivity contribution in [3.8, 4) is 0 Å². The van der Waals surface area contributed by atoms with Gasteiger partial charge in [0.25, 0.3) is 0 Å². The van der Waals surface area contributed by atoms with Crippen LogP contribution in [0.3, 0.4) is 0 Å². The number of rotatable bonds is 6. The van der Waals surface area contributed by atoms with E-state index in [2.05, 4.69) is 29.5 Å². The lowest BCUT2D eigenvalue weighted by Crippen LogP contribution is -2.24. The summed E-state index contributed by atoms with van der Waals surface area (Å²) < 4.78 is 6.57. The van der Waals surface area contributed by atoms with Crippen molar-refractivity contribution in [3.63, 3.8) is 0 Å². The fraction of sp³-hybridized carbons (Fsp3) is 1.00. The molecule has 1 fully saturated rings. The lowest BCUT2D eigenvalue weighted by atomic mass is 9.81. The number of hydrogen-bond acceptors (Lipinski definition) is 2. The number of ether oxygens (including phenoxy) is 1. The van der Waals surface area contributed by atoms with Gasteiger partial charge in [0.2, 0.25) is 0 Å². The summed E-state index contributed by atoms with van der Waals surface area (Å²) in [5, 5.41) is 8.90. The normalized spacial score (nSPS) is 30.0. The predicted molar refractivity (Wildman–Crippen MR) is 76.0 cm³/mol. The highest BCUT2D eigenvalue weighted by molar-refractivity contribution is 14.1. The minimum atomic E-state index is 0.230. The van der Waals surface area contributed by atoms with Crippen LogP contribution in [0.2, 0.25) is 0 Å². The zero-order valence-electron chi connectivity index (χ0n) is 10.5. The topological polar surface area (TPSA) is 29.5 Å². The molecule has 0 aromatic carbocycles. The molecule has 0 radical (unpaired) electrons. The lowest BCUT2D eigenvalue weighted by molar-refractivity contribution is 0.0423. The van der Waals surface area contributed by atoms with Crippen LogP contribution in [0.1, 0.15) is 39.5 Å². The molecule has 0 spiro atoms. The molecule has 1 aliphatic carbocycles. The molecule has 2 nitrogen and oxygen atoms in total. The quantitative estimate of drug-likeness (QED) is 0.594. The van der Waals surface area contributed by atoms with E-state index in [4.69, 9.17) is 9.84 Å². The van der Waals surface area contributed by atoms with Crippen LogP contribution >= 0.6 is 22.6 Å². The SMILES string of the molecule is CC(CO)COCC(C)C1CCC(I)CC1. The maximum absolute atomic E-state index is 8.90. The second-order valence-corrected chi connectivity index (χ2v) is 7.08. The summed E-state index contributed by atoms with van der Waals surface area (Å²) in [7, 11) is 0. The highest BCUT2D eigenvalue weighted by atomic mass is 127. The van der Waals surface area contributed by atoms with Crippen molar-refractivity contribution >= 4 is 22.6 Å². The summed E-state index contributed by atoms with van der Waals surface area (Å²) in [6.07, 6.45) is 5.49. The Morgan fingerprint density at radius 1 is 1.19 bits per heavy atom. The maximum atomic E-state index is 8.90. The summed E-state index contributed by atoms with van der Waals surface area (Å²) in [6, 6.07) is 0. The lowest BCUT2D eigenvalue weighted by Gasteiger charge is -2.30. The van der Waals surface area contributed by atoms with Gasteiger partial charge in [-0.1, -0.05) is 36.4 Å². The molecule has 0 heterocycles. The third-order valence-electron chi connectivity index (χ3n) is 3.60. The smallest absolute Gasteiger partial charge is 0.0513 e. The first-order valence-electron chi connectivity index (χ1n) is 6.46. The molecule has 0 aromatic heterocycles. The molecular weight excluding hydrogens is 315 g/mol. The Morgan fingerprint density at radius 2 is 1.81 bits per heavy atom. The minimum absolute atomic E-state index is 0.230. The van der Waals surface area contributed by atoms with Crippen LogP contribution in [0.25, 0.3) is 0 Å². The number of aliphatic hydroxyl groups is 1. The molecule has 0 saturated heterocycles. The van der Waals surface area contributed by atoms with Crippen LogP contribution in [0.5, 0.6) is 0 Å². The fourth-order valence-corrected chi connectivity index (χ4v) is 3.01. The van der Waals surface area contributed by atoms with Gasteiger partial charge in [-0.05, 0) is 37.5 Å². The van der Waals surface area contributed by atoms with Crippen molar-refractivity contribution in [1.29, 1.82) is 0 Å². The van der Waals surface area contributed by atoms with Gasteiger partial charge in [0.15, 0.2) is 0 Å². The summed E-state index contributed by atoms with van der Waals surface area (Å²) in [6.45, 7) is 6.12. The van der Waals surface area contributed by atoms with Gasteiger partial charge in [0, 0.05) is 23.1 Å². The first kappa shape index (κ1) is 14.7. The van der Waals surface area contributed by atoms with Crippen LogP contribution in [-0.2, 0) is 4.74 Å². The molecule has 16 heavy (non-hydrogen) atoms. The van der Waals surface area contributed by atoms with Crippen molar-refractivity contribution in [2.75, 3.05) is 19.8 Å². The van der Waals surface area contributed by atoms with Crippen LogP contribution < -0.4 is 0 Å². The molecule has 0 bridgehead atoms. The van der Waals surface area contributed by atoms with Crippen LogP contribution in [-0.4, -0.2) is 28.9 Å². The number of aliphatic hydroxyl groups excluding tert-OH is 1. The van der Waals surface area contributed by atoms with Crippen molar-refractivity contribution in [1.82, 2.24) is 0 Å². The number of hydrogen-bond donors (Lipinski definition) is 1. The van der Waals surface area contributed by atoms with Crippen LogP contribution in [0.4, 0.5) is 0 Å². The zero-order valence-corrected chi connectivity index (χ0v) is 12.7. The highest BCUT2D eigenvalue weighted by Gasteiger charge is 2.23. The van der Waals surface area contributed by atoms with E-state index in [0.29, 0.717) is 12.5 Å². The van der Waals surface area contributed by atoms with E-state index in [1.807, 2.05) is 6.92 Å². The molecule has 2 atom stereocenters. The molecule has 3 heteroatoms. The number of alkyl halides is 1. The Morgan fingerprint density at radius 3 is 2.38 bits per heavy atom. The molecule has 1 aliphatic rings. The standard InChI is InChI=1S/C13H25IO2/c1-10(7-15)8-16-9-11(2)12-3-5-13(14)6-4-12/h10-13,15H,3-9H2,1-2H3. The Kier molecular flexibility index (Phi) is 7.24. The zero-order chi connectivity index (χ0) is 12.0. The minimum Gasteiger partial charge on any atom is -0.396 e. The average molecular weight is 340 g/mol. The predicted octanol–water partition coefficient (Wildman–Crippen LogP) is 3.26. The highest BCUT2D eigenvalue weighted by Crippen LogP contribution is 2.33. The van der Waals surface area contributed by atoms with Gasteiger partial charge in [-0.3, -0.25) is 0 Å². The largest absolute Gasteiger partial charge is 0.396 e. The van der Waals surface area contributed by atoms with E-state index in [1.165, 1.54) is 25.7 Å². The van der Waals surface area contributed by atoms with Crippen LogP contribution in [0, 0.1) is 17.8 Å². The van der Waals surface area contributed by atoms with Gasteiger partial charge in [0.05, 0.1) is 6.61 Å². The molecule has 2 unspecified atom stereocenters. The van der Waals surface area contributed by atoms with E-state index in [-0.39, 0.29) is 12.5 Å². The van der Waals surface area contributed by atoms with E-state index in [1.54, 1.807) is 0 Å². The van der Waals surface area contributed by atoms with Crippen molar-refractivity contribution in [2.45, 2.75) is 43.5 Å². The van der Waals surface area contributed by atoms with E-state index in [9.17, 15) is 0 Å². The first-order valence-corrected chi connectivity index (χ1v) is 7.70. The second-order valence-electron chi connectivity index (χ2n) is 5.31. The molecule has 0 aromatic rings. The summed E-state index contributed by atoms with van der Waals surface area (Å²) >= 11 is 2.57. The molecule has 1 N–H and O–H groups in total. The Hall–Kier alpha value is 0.650. The van der Waals surface area contributed by atoms with E-state index < -0.39 is 0 Å². The van der Waals surface area contributed by atoms with Crippen molar-refractivity contribution in [3.05, 3.63) is 0 Å². The Bertz CT molecular complexity index is 179. The Labute approximate surface area is 113 Å². The Balaban J connectivity index is 2.12. The van der Waals surface area contributed by atoms with Crippen molar-refractivity contribution in [2.24, 2.45) is 17.8 Å². The second kappa shape index (κ2) is 7.88. The third kappa shape index (κ3) is 5.32. The van der Waals surface area contributed by atoms with Crippen LogP contribution in [0.15, 0.2) is 0 Å². The van der Waals surface area contributed by atoms with E-state index >= 15 is 0 Å². The van der Waals surface area contributed by atoms with Gasteiger partial charge in [-0.2, -0.15) is 0 Å². The molecule has 96 valence electrons. The van der Waals surface area contributed by atoms with Crippen molar-refractivity contribution < 1.29 is 9.84 Å². The molecule has 1 rings (SSSR count). The third-order valence-corrected chi connectivity index (χ3v) is 4.85. The molecule has 1 saturated carbocycles. The first-order chi connectivity index (χ1) is 7.63. The summed E-state index contributed by atoms with van der Waals surface area (Å²) in [5.41, 5.74) is 0. The van der Waals surface area contributed by atoms with Gasteiger partial charge >= 0.3 is 0 Å². The molecule has 0 aliphatic heterocycles. The molecular formula is C13H25IO2. The summed E-state index contributed by atoms with van der Waals surface area (Å²) in [4.78, 5) is 0. The monoisotopic (exact) mass is 340 g/mol. The van der Waals surface area contributed by atoms with Gasteiger partial charge in [0.1, 0.15) is 0 Å². The molecule has 0 amide bonds. The fourth-order valence-electron chi connectivity index (χ4n) is 2.29. The van der Waals surface area contributed by atoms with E-state index in [0.717, 1.165) is 16.4 Å². The summed E-state index contributed by atoms with van der Waals surface area (Å²) in [5.74, 6) is 1.81. The van der Waals surface area contributed by atoms with Gasteiger partial charge in [-0.15, -0.1) is 0 Å². The average Bonchev–Trinajstić information content (AvgIpc) is 2.29. The van der Waals surface area contributed by atoms with Gasteiger partial charge < -0.3 is 9.84 Å².